The van der Waals surface area contributed by atoms with E-state index in [1.54, 1.807) is 0 Å². The molecule has 0 aliphatic carbocycles. The van der Waals surface area contributed by atoms with Gasteiger partial charge in [0.25, 0.3) is 0 Å². The molecule has 0 saturated carbocycles. The lowest BCUT2D eigenvalue weighted by molar-refractivity contribution is 0.0924. The maximum Gasteiger partial charge on any atom is 0.194 e. The van der Waals surface area contributed by atoms with Crippen LogP contribution in [-0.4, -0.2) is 97.1 Å². The lowest BCUT2D eigenvalue weighted by Gasteiger charge is -2.40. The van der Waals surface area contributed by atoms with Crippen molar-refractivity contribution in [3.8, 4) is 0 Å². The summed E-state index contributed by atoms with van der Waals surface area (Å²) in [5.41, 5.74) is 0. The van der Waals surface area contributed by atoms with Crippen molar-refractivity contribution in [2.45, 2.75) is 45.9 Å². The van der Waals surface area contributed by atoms with Crippen LogP contribution in [0.5, 0.6) is 0 Å². The number of rotatable bonds is 6. The van der Waals surface area contributed by atoms with E-state index in [0.717, 1.165) is 38.1 Å². The molecule has 0 spiro atoms. The van der Waals surface area contributed by atoms with E-state index in [1.807, 2.05) is 0 Å². The van der Waals surface area contributed by atoms with Crippen LogP contribution in [-0.2, 0) is 0 Å². The molecule has 26 heavy (non-hydrogen) atoms. The summed E-state index contributed by atoms with van der Waals surface area (Å²) in [6.07, 6.45) is 0. The molecule has 2 aliphatic heterocycles. The lowest BCUT2D eigenvalue weighted by atomic mass is 10.0. The molecule has 0 aromatic heterocycles. The third-order valence-electron chi connectivity index (χ3n) is 5.68. The van der Waals surface area contributed by atoms with Gasteiger partial charge in [-0.25, -0.2) is 0 Å². The van der Waals surface area contributed by atoms with Crippen LogP contribution in [0, 0.1) is 11.8 Å². The van der Waals surface area contributed by atoms with Crippen LogP contribution < -0.4 is 5.32 Å². The molecule has 2 heterocycles. The SMILES string of the molecule is CCNC(=NCC(C(C)C)N1CCN(C)CC1)N1CCSC(C(C)C)C1. The van der Waals surface area contributed by atoms with Gasteiger partial charge >= 0.3 is 0 Å². The molecular formula is C20H41N5S. The van der Waals surface area contributed by atoms with Gasteiger partial charge in [-0.3, -0.25) is 9.89 Å². The van der Waals surface area contributed by atoms with Gasteiger partial charge in [-0.15, -0.1) is 0 Å². The summed E-state index contributed by atoms with van der Waals surface area (Å²) < 4.78 is 0. The first-order valence-electron chi connectivity index (χ1n) is 10.5. The fraction of sp³-hybridized carbons (Fsp3) is 0.950. The molecule has 6 heteroatoms. The number of aliphatic imine (C=N–C) groups is 1. The topological polar surface area (TPSA) is 34.1 Å². The number of likely N-dealkylation sites (N-methyl/N-ethyl adjacent to an activating group) is 1. The highest BCUT2D eigenvalue weighted by atomic mass is 32.2. The Balaban J connectivity index is 2.03. The average molecular weight is 384 g/mol. The second-order valence-electron chi connectivity index (χ2n) is 8.44. The molecule has 0 aromatic carbocycles. The van der Waals surface area contributed by atoms with Crippen molar-refractivity contribution in [3.05, 3.63) is 0 Å². The maximum absolute atomic E-state index is 5.11. The Morgan fingerprint density at radius 3 is 2.38 bits per heavy atom. The number of thioether (sulfide) groups is 1. The van der Waals surface area contributed by atoms with Crippen molar-refractivity contribution in [1.82, 2.24) is 20.0 Å². The van der Waals surface area contributed by atoms with Crippen molar-refractivity contribution >= 4 is 17.7 Å². The summed E-state index contributed by atoms with van der Waals surface area (Å²) in [6.45, 7) is 20.3. The second kappa shape index (κ2) is 10.8. The molecule has 0 amide bonds. The van der Waals surface area contributed by atoms with E-state index < -0.39 is 0 Å². The lowest BCUT2D eigenvalue weighted by Crippen LogP contribution is -2.52. The minimum atomic E-state index is 0.539. The van der Waals surface area contributed by atoms with Crippen LogP contribution in [0.4, 0.5) is 0 Å². The van der Waals surface area contributed by atoms with Crippen LogP contribution in [0.3, 0.4) is 0 Å². The third kappa shape index (κ3) is 6.31. The summed E-state index contributed by atoms with van der Waals surface area (Å²) in [6, 6.07) is 0.539. The zero-order chi connectivity index (χ0) is 19.1. The van der Waals surface area contributed by atoms with Gasteiger partial charge in [0.2, 0.25) is 0 Å². The van der Waals surface area contributed by atoms with Gasteiger partial charge in [0.05, 0.1) is 6.54 Å². The minimum Gasteiger partial charge on any atom is -0.357 e. The number of hydrogen-bond donors (Lipinski definition) is 1. The maximum atomic E-state index is 5.11. The van der Waals surface area contributed by atoms with Gasteiger partial charge in [0.15, 0.2) is 5.96 Å². The zero-order valence-electron chi connectivity index (χ0n) is 17.9. The van der Waals surface area contributed by atoms with Crippen molar-refractivity contribution in [2.24, 2.45) is 16.8 Å². The van der Waals surface area contributed by atoms with E-state index in [-0.39, 0.29) is 0 Å². The van der Waals surface area contributed by atoms with Crippen molar-refractivity contribution in [2.75, 3.05) is 65.2 Å². The van der Waals surface area contributed by atoms with E-state index >= 15 is 0 Å². The molecule has 2 fully saturated rings. The predicted molar refractivity (Wildman–Crippen MR) is 116 cm³/mol. The quantitative estimate of drug-likeness (QED) is 0.562. The fourth-order valence-corrected chi connectivity index (χ4v) is 5.08. The van der Waals surface area contributed by atoms with Crippen LogP contribution in [0.1, 0.15) is 34.6 Å². The molecule has 0 radical (unpaired) electrons. The number of nitrogens with zero attached hydrogens (tertiary/aromatic N) is 4. The van der Waals surface area contributed by atoms with E-state index in [4.69, 9.17) is 4.99 Å². The van der Waals surface area contributed by atoms with Crippen molar-refractivity contribution < 1.29 is 0 Å². The Labute approximate surface area is 166 Å². The van der Waals surface area contributed by atoms with Gasteiger partial charge < -0.3 is 15.1 Å². The Hall–Kier alpha value is -0.460. The number of guanidine groups is 1. The normalized spacial score (nSPS) is 25.2. The van der Waals surface area contributed by atoms with E-state index in [9.17, 15) is 0 Å². The Kier molecular flexibility index (Phi) is 9.04. The van der Waals surface area contributed by atoms with Gasteiger partial charge in [0, 0.05) is 62.9 Å². The van der Waals surface area contributed by atoms with E-state index in [2.05, 4.69) is 73.4 Å². The van der Waals surface area contributed by atoms with Crippen LogP contribution in [0.2, 0.25) is 0 Å². The molecule has 2 atom stereocenters. The molecule has 152 valence electrons. The number of piperazine rings is 1. The highest BCUT2D eigenvalue weighted by molar-refractivity contribution is 8.00. The second-order valence-corrected chi connectivity index (χ2v) is 9.79. The van der Waals surface area contributed by atoms with Crippen LogP contribution in [0.15, 0.2) is 4.99 Å². The third-order valence-corrected chi connectivity index (χ3v) is 7.22. The Bertz CT molecular complexity index is 432. The van der Waals surface area contributed by atoms with E-state index in [0.29, 0.717) is 17.2 Å². The first kappa shape index (κ1) is 21.8. The van der Waals surface area contributed by atoms with Crippen molar-refractivity contribution in [3.63, 3.8) is 0 Å². The summed E-state index contributed by atoms with van der Waals surface area (Å²) in [5, 5.41) is 4.27. The largest absolute Gasteiger partial charge is 0.357 e. The molecule has 2 saturated heterocycles. The van der Waals surface area contributed by atoms with E-state index in [1.165, 1.54) is 31.9 Å². The first-order valence-corrected chi connectivity index (χ1v) is 11.5. The van der Waals surface area contributed by atoms with Crippen LogP contribution in [0.25, 0.3) is 0 Å². The predicted octanol–water partition coefficient (Wildman–Crippen LogP) is 2.30. The fourth-order valence-electron chi connectivity index (χ4n) is 3.78. The summed E-state index contributed by atoms with van der Waals surface area (Å²) in [7, 11) is 2.22. The molecular weight excluding hydrogens is 342 g/mol. The van der Waals surface area contributed by atoms with Crippen molar-refractivity contribution in [1.29, 1.82) is 0 Å². The van der Waals surface area contributed by atoms with Gasteiger partial charge in [-0.1, -0.05) is 27.7 Å². The monoisotopic (exact) mass is 383 g/mol. The smallest absolute Gasteiger partial charge is 0.194 e. The average Bonchev–Trinajstić information content (AvgIpc) is 2.62. The Morgan fingerprint density at radius 2 is 1.81 bits per heavy atom. The Morgan fingerprint density at radius 1 is 1.12 bits per heavy atom. The first-order chi connectivity index (χ1) is 12.4. The van der Waals surface area contributed by atoms with Gasteiger partial charge in [-0.05, 0) is 25.8 Å². The van der Waals surface area contributed by atoms with Crippen LogP contribution >= 0.6 is 11.8 Å². The minimum absolute atomic E-state index is 0.539. The summed E-state index contributed by atoms with van der Waals surface area (Å²) in [5.74, 6) is 3.68. The highest BCUT2D eigenvalue weighted by Crippen LogP contribution is 2.25. The number of nitrogens with one attached hydrogen (secondary N) is 1. The molecule has 5 nitrogen and oxygen atoms in total. The zero-order valence-corrected chi connectivity index (χ0v) is 18.7. The standard InChI is InChI=1S/C20H41N5S/c1-7-21-20(25-12-13-26-19(15-25)17(4)5)22-14-18(16(2)3)24-10-8-23(6)9-11-24/h16-19H,7-15H2,1-6H3,(H,21,22). The molecule has 1 N–H and O–H groups in total. The summed E-state index contributed by atoms with van der Waals surface area (Å²) >= 11 is 2.13. The molecule has 0 aromatic rings. The molecule has 2 aliphatic rings. The highest BCUT2D eigenvalue weighted by Gasteiger charge is 2.27. The molecule has 0 bridgehead atoms. The van der Waals surface area contributed by atoms with Gasteiger partial charge in [-0.2, -0.15) is 11.8 Å². The number of hydrogen-bond acceptors (Lipinski definition) is 4. The van der Waals surface area contributed by atoms with Gasteiger partial charge in [0.1, 0.15) is 0 Å². The summed E-state index contributed by atoms with van der Waals surface area (Å²) in [4.78, 5) is 12.7. The molecule has 2 rings (SSSR count). The molecule has 2 unspecified atom stereocenters.